The molecule has 26 heavy (non-hydrogen) atoms. The van der Waals surface area contributed by atoms with Gasteiger partial charge >= 0.3 is 23.9 Å². The summed E-state index contributed by atoms with van der Waals surface area (Å²) in [6.07, 6.45) is -0.814. The van der Waals surface area contributed by atoms with Gasteiger partial charge in [-0.2, -0.15) is 0 Å². The van der Waals surface area contributed by atoms with E-state index in [9.17, 15) is 19.2 Å². The van der Waals surface area contributed by atoms with Crippen LogP contribution in [0.5, 0.6) is 0 Å². The Bertz CT molecular complexity index is 709. The molecule has 0 spiro atoms. The lowest BCUT2D eigenvalue weighted by atomic mass is 10.1. The molecule has 0 bridgehead atoms. The predicted octanol–water partition coefficient (Wildman–Crippen LogP) is 1.19. The van der Waals surface area contributed by atoms with Crippen LogP contribution in [-0.2, 0) is 33.3 Å². The van der Waals surface area contributed by atoms with Crippen LogP contribution >= 0.6 is 0 Å². The summed E-state index contributed by atoms with van der Waals surface area (Å²) in [4.78, 5) is 46.3. The Labute approximate surface area is 149 Å². The van der Waals surface area contributed by atoms with Gasteiger partial charge in [0.15, 0.2) is 18.3 Å². The van der Waals surface area contributed by atoms with E-state index in [4.69, 9.17) is 18.9 Å². The van der Waals surface area contributed by atoms with Gasteiger partial charge in [0.1, 0.15) is 6.61 Å². The Balaban J connectivity index is 2.13. The number of hydrogen-bond acceptors (Lipinski definition) is 8. The molecule has 0 N–H and O–H groups in total. The maximum absolute atomic E-state index is 12.1. The van der Waals surface area contributed by atoms with Crippen molar-refractivity contribution in [3.8, 4) is 0 Å². The van der Waals surface area contributed by atoms with E-state index in [2.05, 4.69) is 0 Å². The molecule has 138 valence electrons. The molecule has 0 saturated carbocycles. The van der Waals surface area contributed by atoms with Gasteiger partial charge in [-0.3, -0.25) is 9.59 Å². The zero-order valence-electron chi connectivity index (χ0n) is 14.2. The number of cyclic esters (lactones) is 1. The molecule has 0 saturated heterocycles. The van der Waals surface area contributed by atoms with Gasteiger partial charge < -0.3 is 18.9 Å². The first-order valence-corrected chi connectivity index (χ1v) is 7.82. The second kappa shape index (κ2) is 8.80. The van der Waals surface area contributed by atoms with Crippen LogP contribution in [0.2, 0.25) is 0 Å². The fourth-order valence-electron chi connectivity index (χ4n) is 2.33. The first kappa shape index (κ1) is 19.2. The summed E-state index contributed by atoms with van der Waals surface area (Å²) in [5.41, 5.74) is 0.311. The number of hydrogen-bond donors (Lipinski definition) is 0. The highest BCUT2D eigenvalue weighted by molar-refractivity contribution is 5.89. The second-order valence-electron chi connectivity index (χ2n) is 5.45. The van der Waals surface area contributed by atoms with Crippen LogP contribution in [0.1, 0.15) is 24.2 Å². The number of rotatable bonds is 6. The molecule has 0 aromatic heterocycles. The average molecular weight is 362 g/mol. The van der Waals surface area contributed by atoms with Crippen LogP contribution in [0.25, 0.3) is 0 Å². The van der Waals surface area contributed by atoms with Crippen LogP contribution in [-0.4, -0.2) is 48.8 Å². The lowest BCUT2D eigenvalue weighted by Crippen LogP contribution is -2.48. The first-order chi connectivity index (χ1) is 12.4. The lowest BCUT2D eigenvalue weighted by Gasteiger charge is -2.32. The summed E-state index contributed by atoms with van der Waals surface area (Å²) >= 11 is 0. The quantitative estimate of drug-likeness (QED) is 0.549. The topological polar surface area (TPSA) is 105 Å². The molecule has 1 aliphatic heterocycles. The van der Waals surface area contributed by atoms with Gasteiger partial charge in [0.2, 0.25) is 0 Å². The largest absolute Gasteiger partial charge is 0.458 e. The molecule has 0 radical (unpaired) electrons. The van der Waals surface area contributed by atoms with Crippen LogP contribution in [0, 0.1) is 0 Å². The minimum absolute atomic E-state index is 0.311. The minimum Gasteiger partial charge on any atom is -0.458 e. The molecule has 8 heteroatoms. The Kier molecular flexibility index (Phi) is 6.48. The van der Waals surface area contributed by atoms with E-state index in [1.807, 2.05) is 0 Å². The van der Waals surface area contributed by atoms with Gasteiger partial charge in [0.05, 0.1) is 5.56 Å². The molecule has 0 amide bonds. The molecule has 1 aromatic carbocycles. The Hall–Kier alpha value is -3.16. The van der Waals surface area contributed by atoms with Crippen molar-refractivity contribution in [2.45, 2.75) is 32.2 Å². The van der Waals surface area contributed by atoms with E-state index in [0.717, 1.165) is 13.0 Å². The summed E-state index contributed by atoms with van der Waals surface area (Å²) in [6.45, 7) is 1.97. The van der Waals surface area contributed by atoms with Gasteiger partial charge in [0.25, 0.3) is 0 Å². The van der Waals surface area contributed by atoms with Crippen molar-refractivity contribution in [3.63, 3.8) is 0 Å². The van der Waals surface area contributed by atoms with E-state index in [1.54, 1.807) is 30.3 Å². The molecule has 2 rings (SSSR count). The van der Waals surface area contributed by atoms with E-state index >= 15 is 0 Å². The zero-order valence-corrected chi connectivity index (χ0v) is 14.2. The average Bonchev–Trinajstić information content (AvgIpc) is 2.60. The highest BCUT2D eigenvalue weighted by Crippen LogP contribution is 2.19. The SMILES string of the molecule is CC(=O)O[C@H]1C=CC(=O)O[C@@H]1[C@H](COC(=O)c1ccccc1)OC(C)=O. The Morgan fingerprint density at radius 2 is 1.81 bits per heavy atom. The van der Waals surface area contributed by atoms with Gasteiger partial charge in [-0.05, 0) is 18.2 Å². The zero-order chi connectivity index (χ0) is 19.1. The smallest absolute Gasteiger partial charge is 0.338 e. The fourth-order valence-corrected chi connectivity index (χ4v) is 2.33. The second-order valence-corrected chi connectivity index (χ2v) is 5.45. The molecular formula is C18H18O8. The third-order valence-corrected chi connectivity index (χ3v) is 3.37. The van der Waals surface area contributed by atoms with Crippen LogP contribution in [0.3, 0.4) is 0 Å². The monoisotopic (exact) mass is 362 g/mol. The van der Waals surface area contributed by atoms with Gasteiger partial charge in [0, 0.05) is 19.9 Å². The molecule has 0 unspecified atom stereocenters. The van der Waals surface area contributed by atoms with Crippen molar-refractivity contribution in [3.05, 3.63) is 48.0 Å². The lowest BCUT2D eigenvalue weighted by molar-refractivity contribution is -0.182. The highest BCUT2D eigenvalue weighted by Gasteiger charge is 2.39. The van der Waals surface area contributed by atoms with Crippen molar-refractivity contribution in [1.29, 1.82) is 0 Å². The third-order valence-electron chi connectivity index (χ3n) is 3.37. The summed E-state index contributed by atoms with van der Waals surface area (Å²) < 4.78 is 20.5. The maximum atomic E-state index is 12.1. The minimum atomic E-state index is -1.14. The summed E-state index contributed by atoms with van der Waals surface area (Å²) in [5.74, 6) is -2.60. The maximum Gasteiger partial charge on any atom is 0.338 e. The van der Waals surface area contributed by atoms with E-state index in [-0.39, 0.29) is 6.61 Å². The predicted molar refractivity (Wildman–Crippen MR) is 86.9 cm³/mol. The van der Waals surface area contributed by atoms with Crippen molar-refractivity contribution < 1.29 is 38.1 Å². The first-order valence-electron chi connectivity index (χ1n) is 7.82. The fraction of sp³-hybridized carbons (Fsp3) is 0.333. The van der Waals surface area contributed by atoms with Crippen molar-refractivity contribution in [1.82, 2.24) is 0 Å². The summed E-state index contributed by atoms with van der Waals surface area (Å²) in [5, 5.41) is 0. The molecule has 1 aliphatic rings. The number of esters is 4. The Morgan fingerprint density at radius 3 is 2.42 bits per heavy atom. The number of carbonyl (C=O) groups is 4. The standard InChI is InChI=1S/C18H18O8/c1-11(19)24-14-8-9-16(21)26-17(14)15(25-12(2)20)10-23-18(22)13-6-4-3-5-7-13/h3-9,14-15,17H,10H2,1-2H3/t14-,15-,17-/m0/s1. The summed E-state index contributed by atoms with van der Waals surface area (Å²) in [6, 6.07) is 8.22. The van der Waals surface area contributed by atoms with Crippen molar-refractivity contribution in [2.75, 3.05) is 6.61 Å². The normalized spacial score (nSPS) is 19.8. The molecule has 1 heterocycles. The van der Waals surface area contributed by atoms with Crippen molar-refractivity contribution in [2.24, 2.45) is 0 Å². The molecule has 0 aliphatic carbocycles. The molecular weight excluding hydrogens is 344 g/mol. The molecule has 8 nitrogen and oxygen atoms in total. The molecule has 0 fully saturated rings. The summed E-state index contributed by atoms with van der Waals surface area (Å²) in [7, 11) is 0. The molecule has 1 aromatic rings. The number of carbonyl (C=O) groups excluding carboxylic acids is 4. The van der Waals surface area contributed by atoms with E-state index in [0.29, 0.717) is 5.56 Å². The van der Waals surface area contributed by atoms with Crippen molar-refractivity contribution >= 4 is 23.9 Å². The van der Waals surface area contributed by atoms with E-state index in [1.165, 1.54) is 13.0 Å². The van der Waals surface area contributed by atoms with Crippen LogP contribution in [0.4, 0.5) is 0 Å². The third kappa shape index (κ3) is 5.44. The van der Waals surface area contributed by atoms with Crippen LogP contribution < -0.4 is 0 Å². The van der Waals surface area contributed by atoms with Gasteiger partial charge in [-0.1, -0.05) is 18.2 Å². The van der Waals surface area contributed by atoms with E-state index < -0.39 is 42.2 Å². The van der Waals surface area contributed by atoms with Crippen LogP contribution in [0.15, 0.2) is 42.5 Å². The number of benzene rings is 1. The van der Waals surface area contributed by atoms with Gasteiger partial charge in [-0.25, -0.2) is 9.59 Å². The highest BCUT2D eigenvalue weighted by atomic mass is 16.6. The van der Waals surface area contributed by atoms with Gasteiger partial charge in [-0.15, -0.1) is 0 Å². The molecule has 3 atom stereocenters. The number of ether oxygens (including phenoxy) is 4. The Morgan fingerprint density at radius 1 is 1.12 bits per heavy atom.